The minimum absolute atomic E-state index is 0.0285. The zero-order chi connectivity index (χ0) is 18.1. The van der Waals surface area contributed by atoms with E-state index in [4.69, 9.17) is 10.8 Å². The fraction of sp³-hybridized carbons (Fsp3) is 0.500. The molecule has 1 heterocycles. The summed E-state index contributed by atoms with van der Waals surface area (Å²) in [4.78, 5) is 11.0. The van der Waals surface area contributed by atoms with Gasteiger partial charge in [-0.05, 0) is 31.0 Å². The molecule has 0 unspecified atom stereocenters. The van der Waals surface area contributed by atoms with Gasteiger partial charge in [-0.1, -0.05) is 6.07 Å². The highest BCUT2D eigenvalue weighted by Crippen LogP contribution is 2.27. The summed E-state index contributed by atoms with van der Waals surface area (Å²) in [5.74, 6) is -1.55. The van der Waals surface area contributed by atoms with E-state index in [0.717, 1.165) is 10.4 Å². The number of aromatic carboxylic acids is 1. The lowest BCUT2D eigenvalue weighted by Gasteiger charge is -2.27. The number of rotatable bonds is 6. The van der Waals surface area contributed by atoms with Gasteiger partial charge in [0.25, 0.3) is 0 Å². The molecule has 0 radical (unpaired) electrons. The molecule has 1 atom stereocenters. The van der Waals surface area contributed by atoms with Crippen LogP contribution in [0.15, 0.2) is 23.1 Å². The van der Waals surface area contributed by atoms with Crippen molar-refractivity contribution in [1.29, 1.82) is 0 Å². The largest absolute Gasteiger partial charge is 0.478 e. The minimum Gasteiger partial charge on any atom is -0.478 e. The third-order valence-electron chi connectivity index (χ3n) is 3.99. The Morgan fingerprint density at radius 3 is 2.58 bits per heavy atom. The second-order valence-corrected chi connectivity index (χ2v) is 9.83. The van der Waals surface area contributed by atoms with Crippen molar-refractivity contribution in [2.45, 2.75) is 24.3 Å². The number of hydrogen-bond donors (Lipinski definition) is 2. The highest BCUT2D eigenvalue weighted by molar-refractivity contribution is 7.92. The van der Waals surface area contributed by atoms with E-state index >= 15 is 0 Å². The Bertz CT molecular complexity index is 848. The third kappa shape index (κ3) is 3.77. The van der Waals surface area contributed by atoms with Crippen LogP contribution < -0.4 is 5.73 Å². The smallest absolute Gasteiger partial charge is 0.335 e. The Kier molecular flexibility index (Phi) is 5.33. The first-order chi connectivity index (χ1) is 11.1. The van der Waals surface area contributed by atoms with Gasteiger partial charge in [-0.25, -0.2) is 21.6 Å². The highest BCUT2D eigenvalue weighted by atomic mass is 32.2. The zero-order valence-corrected chi connectivity index (χ0v) is 14.8. The molecule has 3 N–H and O–H groups in total. The molecule has 1 saturated heterocycles. The van der Waals surface area contributed by atoms with E-state index in [1.165, 1.54) is 12.1 Å². The summed E-state index contributed by atoms with van der Waals surface area (Å²) >= 11 is 0. The van der Waals surface area contributed by atoms with Gasteiger partial charge < -0.3 is 10.8 Å². The highest BCUT2D eigenvalue weighted by Gasteiger charge is 2.39. The second-order valence-electron chi connectivity index (χ2n) is 5.75. The van der Waals surface area contributed by atoms with Crippen molar-refractivity contribution in [2.24, 2.45) is 5.73 Å². The molecule has 1 fully saturated rings. The van der Waals surface area contributed by atoms with E-state index < -0.39 is 31.9 Å². The first-order valence-electron chi connectivity index (χ1n) is 7.35. The summed E-state index contributed by atoms with van der Waals surface area (Å²) < 4.78 is 50.5. The van der Waals surface area contributed by atoms with Crippen LogP contribution in [0.2, 0.25) is 0 Å². The molecule has 24 heavy (non-hydrogen) atoms. The van der Waals surface area contributed by atoms with E-state index in [2.05, 4.69) is 0 Å². The number of nitrogens with two attached hydrogens (primary N) is 1. The minimum atomic E-state index is -4.06. The fourth-order valence-corrected chi connectivity index (χ4v) is 6.51. The van der Waals surface area contributed by atoms with Crippen molar-refractivity contribution in [2.75, 3.05) is 24.6 Å². The van der Waals surface area contributed by atoms with Crippen LogP contribution in [0.25, 0.3) is 0 Å². The number of sulfone groups is 1. The molecule has 1 aliphatic heterocycles. The van der Waals surface area contributed by atoms with Gasteiger partial charge in [0.05, 0.1) is 22.0 Å². The molecule has 0 saturated carbocycles. The van der Waals surface area contributed by atoms with Gasteiger partial charge in [-0.15, -0.1) is 0 Å². The number of nitrogens with zero attached hydrogens (tertiary/aromatic N) is 1. The number of carboxylic acid groups (broad SMARTS) is 1. The quantitative estimate of drug-likeness (QED) is 0.703. The maximum Gasteiger partial charge on any atom is 0.335 e. The van der Waals surface area contributed by atoms with Crippen LogP contribution >= 0.6 is 0 Å². The van der Waals surface area contributed by atoms with Crippen LogP contribution in [0.4, 0.5) is 0 Å². The topological polar surface area (TPSA) is 135 Å². The zero-order valence-electron chi connectivity index (χ0n) is 13.2. The average molecular weight is 376 g/mol. The van der Waals surface area contributed by atoms with E-state index in [1.807, 2.05) is 0 Å². The molecule has 1 aliphatic rings. The van der Waals surface area contributed by atoms with Crippen LogP contribution in [0.5, 0.6) is 0 Å². The predicted molar refractivity (Wildman–Crippen MR) is 88.1 cm³/mol. The van der Waals surface area contributed by atoms with Gasteiger partial charge in [-0.3, -0.25) is 0 Å². The maximum atomic E-state index is 13.0. The molecular formula is C14H20N2O6S2. The van der Waals surface area contributed by atoms with E-state index in [0.29, 0.717) is 5.56 Å². The Labute approximate surface area is 141 Å². The molecule has 10 heteroatoms. The van der Waals surface area contributed by atoms with Crippen molar-refractivity contribution in [3.05, 3.63) is 29.3 Å². The van der Waals surface area contributed by atoms with E-state index in [-0.39, 0.29) is 41.5 Å². The maximum absolute atomic E-state index is 13.0. The number of sulfonamides is 1. The molecule has 0 bridgehead atoms. The van der Waals surface area contributed by atoms with Crippen LogP contribution in [0.1, 0.15) is 22.3 Å². The summed E-state index contributed by atoms with van der Waals surface area (Å²) in [5.41, 5.74) is 5.75. The molecule has 0 amide bonds. The van der Waals surface area contributed by atoms with Gasteiger partial charge in [0.2, 0.25) is 10.0 Å². The fourth-order valence-electron chi connectivity index (χ4n) is 2.77. The number of carbonyl (C=O) groups is 1. The van der Waals surface area contributed by atoms with Crippen LogP contribution in [0.3, 0.4) is 0 Å². The molecule has 0 aromatic heterocycles. The van der Waals surface area contributed by atoms with Crippen LogP contribution in [-0.2, 0) is 19.9 Å². The van der Waals surface area contributed by atoms with Crippen molar-refractivity contribution in [3.8, 4) is 0 Å². The van der Waals surface area contributed by atoms with Gasteiger partial charge >= 0.3 is 5.97 Å². The van der Waals surface area contributed by atoms with Gasteiger partial charge in [-0.2, -0.15) is 4.31 Å². The first kappa shape index (κ1) is 18.8. The second kappa shape index (κ2) is 6.79. The Balaban J connectivity index is 2.49. The predicted octanol–water partition coefficient (Wildman–Crippen LogP) is -0.170. The summed E-state index contributed by atoms with van der Waals surface area (Å²) in [7, 11) is -7.33. The molecule has 0 aliphatic carbocycles. The summed E-state index contributed by atoms with van der Waals surface area (Å²) in [5, 5.41) is 9.08. The Hall–Kier alpha value is -1.49. The Morgan fingerprint density at radius 1 is 1.42 bits per heavy atom. The Morgan fingerprint density at radius 2 is 2.08 bits per heavy atom. The van der Waals surface area contributed by atoms with Crippen molar-refractivity contribution >= 4 is 25.8 Å². The first-order valence-corrected chi connectivity index (χ1v) is 10.6. The van der Waals surface area contributed by atoms with Gasteiger partial charge in [0, 0.05) is 19.1 Å². The van der Waals surface area contributed by atoms with E-state index in [9.17, 15) is 21.6 Å². The SMILES string of the molecule is Cc1ccc(C(=O)O)cc1S(=O)(=O)N(CCN)[C@H]1CCS(=O)(=O)C1. The lowest BCUT2D eigenvalue weighted by atomic mass is 10.1. The molecule has 134 valence electrons. The van der Waals surface area contributed by atoms with Crippen molar-refractivity contribution < 1.29 is 26.7 Å². The summed E-state index contributed by atoms with van der Waals surface area (Å²) in [6.45, 7) is 1.57. The third-order valence-corrected chi connectivity index (χ3v) is 7.83. The van der Waals surface area contributed by atoms with Gasteiger partial charge in [0.15, 0.2) is 9.84 Å². The normalized spacial score (nSPS) is 20.4. The monoisotopic (exact) mass is 376 g/mol. The summed E-state index contributed by atoms with van der Waals surface area (Å²) in [6.07, 6.45) is 0.208. The molecule has 0 spiro atoms. The van der Waals surface area contributed by atoms with Crippen molar-refractivity contribution in [3.63, 3.8) is 0 Å². The molecule has 1 aromatic rings. The lowest BCUT2D eigenvalue weighted by molar-refractivity contribution is 0.0696. The van der Waals surface area contributed by atoms with Crippen LogP contribution in [0, 0.1) is 6.92 Å². The van der Waals surface area contributed by atoms with Crippen molar-refractivity contribution in [1.82, 2.24) is 4.31 Å². The molecule has 2 rings (SSSR count). The van der Waals surface area contributed by atoms with E-state index in [1.54, 1.807) is 6.92 Å². The summed E-state index contributed by atoms with van der Waals surface area (Å²) in [6, 6.07) is 3.16. The van der Waals surface area contributed by atoms with Gasteiger partial charge in [0.1, 0.15) is 0 Å². The average Bonchev–Trinajstić information content (AvgIpc) is 2.84. The molecule has 1 aromatic carbocycles. The number of carboxylic acids is 1. The number of aryl methyl sites for hydroxylation is 1. The number of hydrogen-bond acceptors (Lipinski definition) is 6. The lowest BCUT2D eigenvalue weighted by Crippen LogP contribution is -2.44. The number of benzene rings is 1. The molecular weight excluding hydrogens is 356 g/mol. The van der Waals surface area contributed by atoms with Crippen LogP contribution in [-0.4, -0.2) is 62.9 Å². The standard InChI is InChI=1S/C14H20N2O6S2/c1-10-2-3-11(14(17)18)8-13(10)24(21,22)16(6-5-15)12-4-7-23(19,20)9-12/h2-3,8,12H,4-7,9,15H2,1H3,(H,17,18)/t12-/m0/s1. The molecule has 8 nitrogen and oxygen atoms in total.